The molecule has 0 N–H and O–H groups in total. The highest BCUT2D eigenvalue weighted by Gasteiger charge is 2.25. The van der Waals surface area contributed by atoms with E-state index in [4.69, 9.17) is 11.6 Å². The summed E-state index contributed by atoms with van der Waals surface area (Å²) < 4.78 is 22.4. The molecule has 0 aromatic rings. The lowest BCUT2D eigenvalue weighted by atomic mass is 10.5. The summed E-state index contributed by atoms with van der Waals surface area (Å²) in [6.45, 7) is 0.655. The zero-order valence-corrected chi connectivity index (χ0v) is 5.11. The summed E-state index contributed by atoms with van der Waals surface area (Å²) in [7, 11) is 0. The fourth-order valence-electron chi connectivity index (χ4n) is 0. The second kappa shape index (κ2) is 2.01. The van der Waals surface area contributed by atoms with E-state index in [9.17, 15) is 8.78 Å². The molecule has 0 radical (unpaired) electrons. The summed E-state index contributed by atoms with van der Waals surface area (Å²) in [5.41, 5.74) is 0. The topological polar surface area (TPSA) is 0 Å². The van der Waals surface area contributed by atoms with Gasteiger partial charge >= 0.3 is 0 Å². The van der Waals surface area contributed by atoms with Gasteiger partial charge in [-0.3, -0.25) is 0 Å². The minimum atomic E-state index is -3.00. The molecule has 7 heavy (non-hydrogen) atoms. The Hall–Kier alpha value is 0.240. The van der Waals surface area contributed by atoms with Gasteiger partial charge in [0.25, 0.3) is 5.92 Å². The summed E-state index contributed by atoms with van der Waals surface area (Å²) in [4.78, 5) is 0. The van der Waals surface area contributed by atoms with Gasteiger partial charge in [-0.15, -0.1) is 0 Å². The zero-order valence-electron chi connectivity index (χ0n) is 3.54. The number of hydrogen-bond donors (Lipinski definition) is 0. The van der Waals surface area contributed by atoms with Crippen molar-refractivity contribution in [2.75, 3.05) is 0 Å². The van der Waals surface area contributed by atoms with Crippen LogP contribution in [0.3, 0.4) is 0 Å². The van der Waals surface area contributed by atoms with Gasteiger partial charge in [-0.1, -0.05) is 23.8 Å². The van der Waals surface area contributed by atoms with Gasteiger partial charge < -0.3 is 0 Å². The summed E-state index contributed by atoms with van der Waals surface area (Å²) in [6, 6.07) is 0. The molecular weight excluding hydrogens is 142 g/mol. The zero-order chi connectivity index (χ0) is 6.08. The molecule has 4 heteroatoms. The van der Waals surface area contributed by atoms with Crippen LogP contribution in [0.1, 0.15) is 6.92 Å². The van der Waals surface area contributed by atoms with Gasteiger partial charge in [0, 0.05) is 6.92 Å². The Kier molecular flexibility index (Phi) is 2.08. The monoisotopic (exact) mass is 144 g/mol. The van der Waals surface area contributed by atoms with Crippen molar-refractivity contribution in [2.24, 2.45) is 0 Å². The largest absolute Gasteiger partial charge is 0.290 e. The lowest BCUT2D eigenvalue weighted by molar-refractivity contribution is 0.107. The molecule has 0 rings (SSSR count). The molecule has 0 aliphatic heterocycles. The van der Waals surface area contributed by atoms with Gasteiger partial charge in [-0.25, -0.2) is 0 Å². The molecule has 0 nitrogen and oxygen atoms in total. The van der Waals surface area contributed by atoms with E-state index >= 15 is 0 Å². The van der Waals surface area contributed by atoms with Crippen LogP contribution in [0.4, 0.5) is 8.78 Å². The van der Waals surface area contributed by atoms with Crippen molar-refractivity contribution < 1.29 is 8.78 Å². The molecule has 0 aromatic heterocycles. The second-order valence-corrected chi connectivity index (χ2v) is 2.17. The summed E-state index contributed by atoms with van der Waals surface area (Å²) in [6.07, 6.45) is 0. The number of halogens is 3. The van der Waals surface area contributed by atoms with Crippen LogP contribution in [0.15, 0.2) is 0 Å². The fourth-order valence-corrected chi connectivity index (χ4v) is 0. The van der Waals surface area contributed by atoms with E-state index in [1.54, 1.807) is 0 Å². The highest BCUT2D eigenvalue weighted by Crippen LogP contribution is 2.16. The number of rotatable bonds is 1. The molecule has 0 bridgehead atoms. The Morgan fingerprint density at radius 1 is 1.71 bits per heavy atom. The predicted molar refractivity (Wildman–Crippen MR) is 29.1 cm³/mol. The maximum Gasteiger partial charge on any atom is 0.290 e. The van der Waals surface area contributed by atoms with Crippen LogP contribution in [0.2, 0.25) is 0 Å². The van der Waals surface area contributed by atoms with E-state index < -0.39 is 10.2 Å². The van der Waals surface area contributed by atoms with Crippen LogP contribution < -0.4 is 0 Å². The molecule has 0 atom stereocenters. The van der Waals surface area contributed by atoms with Crippen LogP contribution in [0, 0.1) is 0 Å². The summed E-state index contributed by atoms with van der Waals surface area (Å²) >= 11 is 8.68. The van der Waals surface area contributed by atoms with Crippen LogP contribution in [0.25, 0.3) is 0 Å². The number of thiocarbonyl (C=S) groups is 1. The van der Waals surface area contributed by atoms with Crippen molar-refractivity contribution >= 4 is 28.1 Å². The second-order valence-electron chi connectivity index (χ2n) is 1.16. The van der Waals surface area contributed by atoms with Gasteiger partial charge in [0.05, 0.1) is 0 Å². The Balaban J connectivity index is 3.79. The molecule has 0 fully saturated rings. The lowest BCUT2D eigenvalue weighted by Gasteiger charge is -2.02. The van der Waals surface area contributed by atoms with Gasteiger partial charge in [0.2, 0.25) is 0 Å². The maximum absolute atomic E-state index is 11.6. The first-order valence-corrected chi connectivity index (χ1v) is 2.31. The third-order valence-corrected chi connectivity index (χ3v) is 1.04. The molecule has 42 valence electrons. The van der Waals surface area contributed by atoms with Crippen molar-refractivity contribution in [3.8, 4) is 0 Å². The first kappa shape index (κ1) is 7.24. The quantitative estimate of drug-likeness (QED) is 0.402. The van der Waals surface area contributed by atoms with Crippen molar-refractivity contribution in [2.45, 2.75) is 12.8 Å². The van der Waals surface area contributed by atoms with Gasteiger partial charge in [0.1, 0.15) is 4.32 Å². The molecule has 0 aliphatic carbocycles. The highest BCUT2D eigenvalue weighted by atomic mass is 35.5. The average Bonchev–Trinajstić information content (AvgIpc) is 1.31. The first-order valence-electron chi connectivity index (χ1n) is 1.52. The van der Waals surface area contributed by atoms with Crippen LogP contribution in [-0.4, -0.2) is 10.2 Å². The fraction of sp³-hybridized carbons (Fsp3) is 0.667. The molecule has 0 saturated carbocycles. The first-order chi connectivity index (χ1) is 2.94. The van der Waals surface area contributed by atoms with Crippen molar-refractivity contribution in [1.29, 1.82) is 0 Å². The molecule has 0 heterocycles. The predicted octanol–water partition coefficient (Wildman–Crippen LogP) is 2.21. The minimum Gasteiger partial charge on any atom is -0.200 e. The molecular formula is C3H3ClF2S. The minimum absolute atomic E-state index is 0.655. The molecule has 0 spiro atoms. The molecule has 0 saturated heterocycles. The molecule has 0 aliphatic rings. The third-order valence-electron chi connectivity index (χ3n) is 0.345. The van der Waals surface area contributed by atoms with Crippen LogP contribution in [-0.2, 0) is 0 Å². The lowest BCUT2D eigenvalue weighted by Crippen LogP contribution is -2.16. The smallest absolute Gasteiger partial charge is 0.200 e. The molecule has 0 aromatic carbocycles. The van der Waals surface area contributed by atoms with E-state index in [1.165, 1.54) is 0 Å². The van der Waals surface area contributed by atoms with Crippen LogP contribution >= 0.6 is 23.8 Å². The number of alkyl halides is 2. The van der Waals surface area contributed by atoms with E-state index in [1.807, 2.05) is 0 Å². The van der Waals surface area contributed by atoms with Gasteiger partial charge in [-0.05, 0) is 0 Å². The number of hydrogen-bond acceptors (Lipinski definition) is 1. The summed E-state index contributed by atoms with van der Waals surface area (Å²) in [5, 5.41) is 0. The highest BCUT2D eigenvalue weighted by molar-refractivity contribution is 7.83. The standard InChI is InChI=1S/C3H3ClF2S/c1-3(5,6)2(4)7/h1H3. The van der Waals surface area contributed by atoms with E-state index in [-0.39, 0.29) is 0 Å². The van der Waals surface area contributed by atoms with E-state index in [0.29, 0.717) is 6.92 Å². The molecule has 0 unspecified atom stereocenters. The third kappa shape index (κ3) is 2.88. The van der Waals surface area contributed by atoms with Crippen molar-refractivity contribution in [3.63, 3.8) is 0 Å². The van der Waals surface area contributed by atoms with E-state index in [2.05, 4.69) is 12.2 Å². The van der Waals surface area contributed by atoms with Crippen LogP contribution in [0.5, 0.6) is 0 Å². The SMILES string of the molecule is CC(F)(F)C(=S)Cl. The average molecular weight is 145 g/mol. The Bertz CT molecular complexity index is 85.4. The molecule has 0 amide bonds. The Labute approximate surface area is 50.5 Å². The van der Waals surface area contributed by atoms with Crippen molar-refractivity contribution in [1.82, 2.24) is 0 Å². The van der Waals surface area contributed by atoms with Crippen molar-refractivity contribution in [3.05, 3.63) is 0 Å². The van der Waals surface area contributed by atoms with Gasteiger partial charge in [0.15, 0.2) is 0 Å². The Morgan fingerprint density at radius 2 is 1.86 bits per heavy atom. The normalized spacial score (nSPS) is 11.4. The Morgan fingerprint density at radius 3 is 1.86 bits per heavy atom. The van der Waals surface area contributed by atoms with E-state index in [0.717, 1.165) is 0 Å². The van der Waals surface area contributed by atoms with Gasteiger partial charge in [-0.2, -0.15) is 8.78 Å². The summed E-state index contributed by atoms with van der Waals surface area (Å²) in [5.74, 6) is -3.00. The maximum atomic E-state index is 11.6.